The highest BCUT2D eigenvalue weighted by molar-refractivity contribution is 5.66. The van der Waals surface area contributed by atoms with Crippen LogP contribution in [0.2, 0.25) is 0 Å². The monoisotopic (exact) mass is 240 g/mol. The minimum atomic E-state index is -0.0232. The van der Waals surface area contributed by atoms with Crippen LogP contribution in [0.1, 0.15) is 16.7 Å². The summed E-state index contributed by atoms with van der Waals surface area (Å²) in [5.74, 6) is 0. The predicted molar refractivity (Wildman–Crippen MR) is 67.6 cm³/mol. The number of aliphatic hydroxyl groups excluding tert-OH is 3. The third-order valence-electron chi connectivity index (χ3n) is 2.82. The van der Waals surface area contributed by atoms with Crippen molar-refractivity contribution in [3.63, 3.8) is 0 Å². The fourth-order valence-electron chi connectivity index (χ4n) is 2.01. The van der Waals surface area contributed by atoms with Gasteiger partial charge in [-0.1, -0.05) is 0 Å². The maximum absolute atomic E-state index is 9.04. The third kappa shape index (κ3) is 3.09. The lowest BCUT2D eigenvalue weighted by Gasteiger charge is -2.17. The average molecular weight is 240 g/mol. The Kier molecular flexibility index (Phi) is 5.21. The van der Waals surface area contributed by atoms with Crippen molar-refractivity contribution in [3.8, 4) is 0 Å². The lowest BCUT2D eigenvalue weighted by molar-refractivity contribution is 0.293. The van der Waals surface area contributed by atoms with Crippen LogP contribution in [-0.4, -0.2) is 35.1 Å². The van der Waals surface area contributed by atoms with Crippen LogP contribution in [0.5, 0.6) is 0 Å². The summed E-state index contributed by atoms with van der Waals surface area (Å²) in [6.07, 6.45) is 1.27. The molecule has 17 heavy (non-hydrogen) atoms. The quantitative estimate of drug-likeness (QED) is 0.428. The Morgan fingerprint density at radius 3 is 1.88 bits per heavy atom. The molecule has 0 aliphatic rings. The van der Waals surface area contributed by atoms with Gasteiger partial charge in [-0.2, -0.15) is 0 Å². The summed E-state index contributed by atoms with van der Waals surface area (Å²) in [6.45, 7) is -0.0341. The van der Waals surface area contributed by atoms with E-state index in [0.717, 1.165) is 16.7 Å². The van der Waals surface area contributed by atoms with Crippen LogP contribution in [-0.2, 0) is 19.3 Å². The number of benzene rings is 1. The van der Waals surface area contributed by atoms with Crippen LogP contribution in [0.3, 0.4) is 0 Å². The molecule has 5 nitrogen and oxygen atoms in total. The SMILES string of the molecule is Nc1cc(CCO)c(N)c(CCO)c1CCO. The van der Waals surface area contributed by atoms with E-state index in [1.165, 1.54) is 0 Å². The van der Waals surface area contributed by atoms with Gasteiger partial charge in [-0.25, -0.2) is 0 Å². The summed E-state index contributed by atoms with van der Waals surface area (Å²) in [7, 11) is 0. The van der Waals surface area contributed by atoms with E-state index >= 15 is 0 Å². The second kappa shape index (κ2) is 6.44. The largest absolute Gasteiger partial charge is 0.398 e. The fraction of sp³-hybridized carbons (Fsp3) is 0.500. The molecule has 96 valence electrons. The number of anilines is 2. The van der Waals surface area contributed by atoms with E-state index in [-0.39, 0.29) is 19.8 Å². The van der Waals surface area contributed by atoms with Gasteiger partial charge in [-0.15, -0.1) is 0 Å². The number of nitrogens with two attached hydrogens (primary N) is 2. The van der Waals surface area contributed by atoms with Gasteiger partial charge in [-0.3, -0.25) is 0 Å². The van der Waals surface area contributed by atoms with Gasteiger partial charge in [-0.05, 0) is 42.0 Å². The summed E-state index contributed by atoms with van der Waals surface area (Å²) in [4.78, 5) is 0. The van der Waals surface area contributed by atoms with Crippen molar-refractivity contribution >= 4 is 11.4 Å². The molecule has 1 aromatic carbocycles. The molecule has 0 saturated carbocycles. The Labute approximate surface area is 101 Å². The Bertz CT molecular complexity index is 381. The van der Waals surface area contributed by atoms with Gasteiger partial charge in [0, 0.05) is 31.2 Å². The zero-order valence-corrected chi connectivity index (χ0v) is 9.82. The second-order valence-electron chi connectivity index (χ2n) is 3.92. The van der Waals surface area contributed by atoms with Crippen molar-refractivity contribution in [1.29, 1.82) is 0 Å². The molecule has 0 unspecified atom stereocenters. The van der Waals surface area contributed by atoms with E-state index in [2.05, 4.69) is 0 Å². The van der Waals surface area contributed by atoms with Gasteiger partial charge in [0.15, 0.2) is 0 Å². The van der Waals surface area contributed by atoms with E-state index in [1.54, 1.807) is 6.07 Å². The van der Waals surface area contributed by atoms with Crippen LogP contribution < -0.4 is 11.5 Å². The number of aliphatic hydroxyl groups is 3. The Morgan fingerprint density at radius 1 is 0.824 bits per heavy atom. The van der Waals surface area contributed by atoms with Gasteiger partial charge >= 0.3 is 0 Å². The summed E-state index contributed by atoms with van der Waals surface area (Å²) >= 11 is 0. The molecular formula is C12H20N2O3. The van der Waals surface area contributed by atoms with Gasteiger partial charge < -0.3 is 26.8 Å². The van der Waals surface area contributed by atoms with E-state index in [0.29, 0.717) is 30.6 Å². The zero-order chi connectivity index (χ0) is 12.8. The molecule has 0 radical (unpaired) electrons. The van der Waals surface area contributed by atoms with E-state index in [4.69, 9.17) is 26.8 Å². The first-order valence-corrected chi connectivity index (χ1v) is 5.66. The van der Waals surface area contributed by atoms with Crippen LogP contribution in [0.25, 0.3) is 0 Å². The first kappa shape index (κ1) is 13.8. The molecule has 0 spiro atoms. The minimum absolute atomic E-state index is 0.00154. The van der Waals surface area contributed by atoms with E-state index < -0.39 is 0 Å². The highest BCUT2D eigenvalue weighted by Crippen LogP contribution is 2.28. The second-order valence-corrected chi connectivity index (χ2v) is 3.92. The van der Waals surface area contributed by atoms with E-state index in [1.807, 2.05) is 0 Å². The van der Waals surface area contributed by atoms with Crippen molar-refractivity contribution in [2.45, 2.75) is 19.3 Å². The van der Waals surface area contributed by atoms with Crippen LogP contribution in [0.4, 0.5) is 11.4 Å². The van der Waals surface area contributed by atoms with Crippen LogP contribution >= 0.6 is 0 Å². The number of nitrogen functional groups attached to an aromatic ring is 2. The zero-order valence-electron chi connectivity index (χ0n) is 9.82. The molecule has 0 bridgehead atoms. The van der Waals surface area contributed by atoms with E-state index in [9.17, 15) is 0 Å². The number of hydrogen-bond acceptors (Lipinski definition) is 5. The molecule has 1 aromatic rings. The smallest absolute Gasteiger partial charge is 0.0472 e. The molecule has 0 aliphatic heterocycles. The summed E-state index contributed by atoms with van der Waals surface area (Å²) in [6, 6.07) is 1.73. The van der Waals surface area contributed by atoms with Crippen molar-refractivity contribution in [2.24, 2.45) is 0 Å². The molecule has 0 heterocycles. The Morgan fingerprint density at radius 2 is 1.35 bits per heavy atom. The molecule has 0 amide bonds. The number of rotatable bonds is 6. The van der Waals surface area contributed by atoms with Gasteiger partial charge in [0.05, 0.1) is 0 Å². The van der Waals surface area contributed by atoms with Gasteiger partial charge in [0.1, 0.15) is 0 Å². The fourth-order valence-corrected chi connectivity index (χ4v) is 2.01. The highest BCUT2D eigenvalue weighted by atomic mass is 16.3. The molecule has 0 fully saturated rings. The summed E-state index contributed by atoms with van der Waals surface area (Å²) < 4.78 is 0. The Hall–Kier alpha value is -1.30. The standard InChI is InChI=1S/C12H20N2O3/c13-11-7-8(1-4-15)12(14)10(3-6-17)9(11)2-5-16/h7,15-17H,1-6,13-14H2. The van der Waals surface area contributed by atoms with Gasteiger partial charge in [0.25, 0.3) is 0 Å². The lowest BCUT2D eigenvalue weighted by Crippen LogP contribution is -2.11. The predicted octanol–water partition coefficient (Wildman–Crippen LogP) is -0.545. The first-order chi connectivity index (χ1) is 8.15. The molecule has 0 aromatic heterocycles. The summed E-state index contributed by atoms with van der Waals surface area (Å²) in [5, 5.41) is 27.0. The third-order valence-corrected chi connectivity index (χ3v) is 2.82. The lowest BCUT2D eigenvalue weighted by atomic mass is 9.94. The van der Waals surface area contributed by atoms with Crippen LogP contribution in [0, 0.1) is 0 Å². The van der Waals surface area contributed by atoms with Crippen molar-refractivity contribution in [2.75, 3.05) is 31.3 Å². The number of hydrogen-bond donors (Lipinski definition) is 5. The molecule has 0 atom stereocenters. The highest BCUT2D eigenvalue weighted by Gasteiger charge is 2.13. The Balaban J connectivity index is 3.25. The van der Waals surface area contributed by atoms with Crippen molar-refractivity contribution in [3.05, 3.63) is 22.8 Å². The maximum atomic E-state index is 9.04. The van der Waals surface area contributed by atoms with Crippen molar-refractivity contribution in [1.82, 2.24) is 0 Å². The molecule has 7 N–H and O–H groups in total. The van der Waals surface area contributed by atoms with Gasteiger partial charge in [0.2, 0.25) is 0 Å². The molecule has 0 aliphatic carbocycles. The van der Waals surface area contributed by atoms with Crippen LogP contribution in [0.15, 0.2) is 6.07 Å². The van der Waals surface area contributed by atoms with Crippen molar-refractivity contribution < 1.29 is 15.3 Å². The molecule has 1 rings (SSSR count). The average Bonchev–Trinajstić information content (AvgIpc) is 2.30. The maximum Gasteiger partial charge on any atom is 0.0472 e. The minimum Gasteiger partial charge on any atom is -0.398 e. The molecular weight excluding hydrogens is 220 g/mol. The normalized spacial score (nSPS) is 10.8. The molecule has 5 heteroatoms. The molecule has 0 saturated heterocycles. The summed E-state index contributed by atoms with van der Waals surface area (Å²) in [5.41, 5.74) is 15.4. The first-order valence-electron chi connectivity index (χ1n) is 5.66. The topological polar surface area (TPSA) is 113 Å².